The van der Waals surface area contributed by atoms with Gasteiger partial charge in [-0.2, -0.15) is 0 Å². The third kappa shape index (κ3) is 5.30. The van der Waals surface area contributed by atoms with E-state index in [-0.39, 0.29) is 31.0 Å². The summed E-state index contributed by atoms with van der Waals surface area (Å²) in [6.07, 6.45) is 0. The molecule has 1 N–H and O–H groups in total. The number of rotatable bonds is 7. The van der Waals surface area contributed by atoms with Crippen LogP contribution in [0.1, 0.15) is 24.8 Å². The Bertz CT molecular complexity index is 432. The molecule has 1 rings (SSSR count). The van der Waals surface area contributed by atoms with Crippen LogP contribution in [-0.2, 0) is 14.3 Å². The van der Waals surface area contributed by atoms with Gasteiger partial charge in [-0.3, -0.25) is 14.5 Å². The first kappa shape index (κ1) is 16.7. The first-order valence-electron chi connectivity index (χ1n) is 6.52. The Labute approximate surface area is 123 Å². The van der Waals surface area contributed by atoms with Crippen molar-refractivity contribution in [3.05, 3.63) is 22.4 Å². The molecule has 1 atom stereocenters. The lowest BCUT2D eigenvalue weighted by molar-refractivity contribution is -0.141. The minimum atomic E-state index is -0.348. The lowest BCUT2D eigenvalue weighted by Crippen LogP contribution is -2.40. The van der Waals surface area contributed by atoms with Gasteiger partial charge in [-0.1, -0.05) is 19.9 Å². The molecule has 5 nitrogen and oxygen atoms in total. The number of nitrogens with one attached hydrogen (secondary N) is 1. The predicted molar refractivity (Wildman–Crippen MR) is 79.6 cm³/mol. The maximum absolute atomic E-state index is 12.0. The van der Waals surface area contributed by atoms with Gasteiger partial charge in [-0.05, 0) is 24.4 Å². The zero-order valence-corrected chi connectivity index (χ0v) is 13.2. The smallest absolute Gasteiger partial charge is 0.319 e. The molecule has 0 spiro atoms. The topological polar surface area (TPSA) is 58.6 Å². The maximum Gasteiger partial charge on any atom is 0.319 e. The molecule has 20 heavy (non-hydrogen) atoms. The molecule has 112 valence electrons. The number of carbonyl (C=O) groups excluding carboxylic acids is 2. The maximum atomic E-state index is 12.0. The molecule has 0 saturated heterocycles. The summed E-state index contributed by atoms with van der Waals surface area (Å²) in [4.78, 5) is 25.9. The number of nitrogens with zero attached hydrogens (tertiary/aromatic N) is 1. The fourth-order valence-corrected chi connectivity index (χ4v) is 2.79. The molecule has 6 heteroatoms. The summed E-state index contributed by atoms with van der Waals surface area (Å²) in [7, 11) is 3.05. The monoisotopic (exact) mass is 298 g/mol. The molecule has 1 heterocycles. The number of methoxy groups -OCH3 is 1. The Balaban J connectivity index is 2.53. The second-order valence-corrected chi connectivity index (χ2v) is 6.03. The van der Waals surface area contributed by atoms with Crippen LogP contribution in [0.15, 0.2) is 17.5 Å². The Morgan fingerprint density at radius 1 is 1.40 bits per heavy atom. The molecule has 1 amide bonds. The molecule has 0 aliphatic rings. The summed E-state index contributed by atoms with van der Waals surface area (Å²) in [6.45, 7) is 4.42. The van der Waals surface area contributed by atoms with Crippen LogP contribution in [0.5, 0.6) is 0 Å². The van der Waals surface area contributed by atoms with E-state index in [0.717, 1.165) is 4.88 Å². The van der Waals surface area contributed by atoms with Crippen LogP contribution in [0.25, 0.3) is 0 Å². The largest absolute Gasteiger partial charge is 0.468 e. The number of amides is 1. The van der Waals surface area contributed by atoms with E-state index < -0.39 is 0 Å². The molecule has 0 aromatic carbocycles. The third-order valence-electron chi connectivity index (χ3n) is 2.87. The van der Waals surface area contributed by atoms with E-state index in [2.05, 4.69) is 23.9 Å². The van der Waals surface area contributed by atoms with Crippen molar-refractivity contribution in [2.75, 3.05) is 27.2 Å². The summed E-state index contributed by atoms with van der Waals surface area (Å²) < 4.78 is 4.57. The minimum Gasteiger partial charge on any atom is -0.468 e. The number of hydrogen-bond donors (Lipinski definition) is 1. The van der Waals surface area contributed by atoms with Crippen LogP contribution in [0.4, 0.5) is 0 Å². The Kier molecular flexibility index (Phi) is 6.67. The highest BCUT2D eigenvalue weighted by Crippen LogP contribution is 2.25. The lowest BCUT2D eigenvalue weighted by Gasteiger charge is -2.23. The summed E-state index contributed by atoms with van der Waals surface area (Å²) >= 11 is 1.63. The first-order chi connectivity index (χ1) is 9.43. The molecule has 0 aliphatic carbocycles. The molecule has 1 aromatic rings. The van der Waals surface area contributed by atoms with Gasteiger partial charge in [0.25, 0.3) is 0 Å². The van der Waals surface area contributed by atoms with Crippen LogP contribution in [-0.4, -0.2) is 44.0 Å². The first-order valence-corrected chi connectivity index (χ1v) is 7.40. The van der Waals surface area contributed by atoms with E-state index in [9.17, 15) is 9.59 Å². The van der Waals surface area contributed by atoms with Crippen molar-refractivity contribution in [1.29, 1.82) is 0 Å². The van der Waals surface area contributed by atoms with E-state index in [1.165, 1.54) is 7.11 Å². The molecular weight excluding hydrogens is 276 g/mol. The molecule has 0 radical (unpaired) electrons. The fourth-order valence-electron chi connectivity index (χ4n) is 1.84. The van der Waals surface area contributed by atoms with Crippen LogP contribution in [0, 0.1) is 5.92 Å². The normalized spacial score (nSPS) is 12.5. The van der Waals surface area contributed by atoms with E-state index in [0.29, 0.717) is 5.92 Å². The minimum absolute atomic E-state index is 0.00836. The number of likely N-dealkylation sites (N-methyl/N-ethyl adjacent to an activating group) is 1. The third-order valence-corrected chi connectivity index (χ3v) is 3.83. The van der Waals surface area contributed by atoms with Crippen molar-refractivity contribution < 1.29 is 14.3 Å². The van der Waals surface area contributed by atoms with Gasteiger partial charge in [-0.15, -0.1) is 11.3 Å². The van der Waals surface area contributed by atoms with Gasteiger partial charge >= 0.3 is 5.97 Å². The Hall–Kier alpha value is -1.40. The number of ether oxygens (including phenoxy) is 1. The number of carbonyl (C=O) groups is 2. The molecular formula is C14H22N2O3S. The van der Waals surface area contributed by atoms with Crippen molar-refractivity contribution in [2.24, 2.45) is 5.92 Å². The van der Waals surface area contributed by atoms with Gasteiger partial charge in [0, 0.05) is 4.88 Å². The molecule has 0 bridgehead atoms. The Morgan fingerprint density at radius 3 is 2.60 bits per heavy atom. The highest BCUT2D eigenvalue weighted by atomic mass is 32.1. The SMILES string of the molecule is COC(=O)CN(C)CC(=O)NC(c1cccs1)C(C)C. The van der Waals surface area contributed by atoms with Gasteiger partial charge in [0.2, 0.25) is 5.91 Å². The zero-order valence-electron chi connectivity index (χ0n) is 12.4. The Morgan fingerprint density at radius 2 is 2.10 bits per heavy atom. The van der Waals surface area contributed by atoms with Crippen LogP contribution < -0.4 is 5.32 Å². The van der Waals surface area contributed by atoms with Gasteiger partial charge < -0.3 is 10.1 Å². The van der Waals surface area contributed by atoms with Crippen LogP contribution in [0.2, 0.25) is 0 Å². The average molecular weight is 298 g/mol. The quantitative estimate of drug-likeness (QED) is 0.778. The van der Waals surface area contributed by atoms with Crippen molar-refractivity contribution in [3.63, 3.8) is 0 Å². The standard InChI is InChI=1S/C14H22N2O3S/c1-10(2)14(11-6-5-7-20-11)15-12(17)8-16(3)9-13(18)19-4/h5-7,10,14H,8-9H2,1-4H3,(H,15,17). The summed E-state index contributed by atoms with van der Waals surface area (Å²) in [5, 5.41) is 5.02. The zero-order chi connectivity index (χ0) is 15.1. The van der Waals surface area contributed by atoms with E-state index in [4.69, 9.17) is 0 Å². The lowest BCUT2D eigenvalue weighted by atomic mass is 10.0. The van der Waals surface area contributed by atoms with Crippen molar-refractivity contribution in [3.8, 4) is 0 Å². The molecule has 0 fully saturated rings. The van der Waals surface area contributed by atoms with Crippen molar-refractivity contribution >= 4 is 23.2 Å². The highest BCUT2D eigenvalue weighted by molar-refractivity contribution is 7.10. The predicted octanol–water partition coefficient (Wildman–Crippen LogP) is 1.67. The summed E-state index contributed by atoms with van der Waals surface area (Å²) in [5.74, 6) is -0.133. The average Bonchev–Trinajstić information content (AvgIpc) is 2.88. The van der Waals surface area contributed by atoms with Gasteiger partial charge in [-0.25, -0.2) is 0 Å². The second kappa shape index (κ2) is 8.01. The second-order valence-electron chi connectivity index (χ2n) is 5.05. The van der Waals surface area contributed by atoms with Crippen LogP contribution in [0.3, 0.4) is 0 Å². The van der Waals surface area contributed by atoms with Gasteiger partial charge in [0.15, 0.2) is 0 Å². The highest BCUT2D eigenvalue weighted by Gasteiger charge is 2.20. The van der Waals surface area contributed by atoms with E-state index >= 15 is 0 Å². The van der Waals surface area contributed by atoms with E-state index in [1.54, 1.807) is 23.3 Å². The fraction of sp³-hybridized carbons (Fsp3) is 0.571. The van der Waals surface area contributed by atoms with Crippen LogP contribution >= 0.6 is 11.3 Å². The van der Waals surface area contributed by atoms with Gasteiger partial charge in [0.05, 0.1) is 26.2 Å². The van der Waals surface area contributed by atoms with Crippen molar-refractivity contribution in [1.82, 2.24) is 10.2 Å². The molecule has 0 saturated carbocycles. The molecule has 0 aliphatic heterocycles. The molecule has 1 unspecified atom stereocenters. The van der Waals surface area contributed by atoms with Gasteiger partial charge in [0.1, 0.15) is 0 Å². The number of thiophene rings is 1. The number of esters is 1. The van der Waals surface area contributed by atoms with Crippen molar-refractivity contribution in [2.45, 2.75) is 19.9 Å². The van der Waals surface area contributed by atoms with E-state index in [1.807, 2.05) is 17.5 Å². The summed E-state index contributed by atoms with van der Waals surface area (Å²) in [5.41, 5.74) is 0. The number of hydrogen-bond acceptors (Lipinski definition) is 5. The molecule has 1 aromatic heterocycles. The summed E-state index contributed by atoms with van der Waals surface area (Å²) in [6, 6.07) is 4.01.